The van der Waals surface area contributed by atoms with Crippen molar-refractivity contribution in [2.24, 2.45) is 0 Å². The number of rotatable bonds is 2. The van der Waals surface area contributed by atoms with Crippen molar-refractivity contribution in [3.05, 3.63) is 100 Å². The molecule has 2 aromatic heterocycles. The minimum absolute atomic E-state index is 0.137. The zero-order chi connectivity index (χ0) is 26.4. The number of fused-ring (bicyclic) bond motifs is 2. The number of halogens is 3. The molecule has 37 heavy (non-hydrogen) atoms. The molecule has 0 spiro atoms. The second-order valence-corrected chi connectivity index (χ2v) is 8.48. The van der Waals surface area contributed by atoms with Crippen molar-refractivity contribution >= 4 is 57.0 Å². The normalized spacial score (nSPS) is 10.4. The van der Waals surface area contributed by atoms with Gasteiger partial charge >= 0.3 is 6.08 Å². The zero-order valence-corrected chi connectivity index (χ0v) is 20.9. The van der Waals surface area contributed by atoms with E-state index < -0.39 is 0 Å². The summed E-state index contributed by atoms with van der Waals surface area (Å²) in [7, 11) is 0. The molecule has 8 nitrogen and oxygen atoms in total. The smallest absolute Gasteiger partial charge is 0.400 e. The van der Waals surface area contributed by atoms with Crippen molar-refractivity contribution in [1.82, 2.24) is 9.97 Å². The summed E-state index contributed by atoms with van der Waals surface area (Å²) in [6.07, 6.45) is 0.137. The Balaban J connectivity index is 0.000000143. The van der Waals surface area contributed by atoms with Gasteiger partial charge in [-0.05, 0) is 84.4 Å². The third kappa shape index (κ3) is 7.44. The number of phenols is 3. The summed E-state index contributed by atoms with van der Waals surface area (Å²) in [5, 5.41) is 27.8. The molecule has 0 radical (unpaired) electrons. The monoisotopic (exact) mass is 558 g/mol. The van der Waals surface area contributed by atoms with Gasteiger partial charge in [0, 0.05) is 22.2 Å². The average Bonchev–Trinajstić information content (AvgIpc) is 3.44. The molecule has 11 heteroatoms. The van der Waals surface area contributed by atoms with Gasteiger partial charge in [0.15, 0.2) is 11.2 Å². The molecule has 0 aliphatic heterocycles. The van der Waals surface area contributed by atoms with Gasteiger partial charge in [0.2, 0.25) is 0 Å². The van der Waals surface area contributed by atoms with Crippen molar-refractivity contribution in [3.63, 3.8) is 0 Å². The van der Waals surface area contributed by atoms with E-state index in [4.69, 9.17) is 63.7 Å². The molecule has 188 valence electrons. The predicted molar refractivity (Wildman–Crippen MR) is 141 cm³/mol. The van der Waals surface area contributed by atoms with Crippen LogP contribution >= 0.6 is 34.8 Å². The zero-order valence-electron chi connectivity index (χ0n) is 18.7. The number of phenolic OH excluding ortho intramolecular Hbond substituents is 3. The van der Waals surface area contributed by atoms with E-state index in [1.54, 1.807) is 48.5 Å². The molecule has 0 aliphatic carbocycles. The van der Waals surface area contributed by atoms with E-state index in [1.165, 1.54) is 36.4 Å². The van der Waals surface area contributed by atoms with Gasteiger partial charge in [-0.2, -0.15) is 9.97 Å². The summed E-state index contributed by atoms with van der Waals surface area (Å²) in [6.45, 7) is 0. The highest BCUT2D eigenvalue weighted by atomic mass is 35.5. The van der Waals surface area contributed by atoms with E-state index in [1.807, 2.05) is 0 Å². The maximum atomic E-state index is 9.16. The molecule has 0 bridgehead atoms. The maximum absolute atomic E-state index is 9.16. The Bertz CT molecular complexity index is 1600. The fraction of sp³-hybridized carbons (Fsp3) is 0. The second kappa shape index (κ2) is 11.7. The van der Waals surface area contributed by atoms with Crippen LogP contribution in [0, 0.1) is 0 Å². The molecule has 0 saturated heterocycles. The first-order chi connectivity index (χ1) is 17.7. The van der Waals surface area contributed by atoms with Crippen molar-refractivity contribution < 1.29 is 28.9 Å². The van der Waals surface area contributed by atoms with Crippen LogP contribution in [-0.2, 0) is 0 Å². The number of aromatic hydroxyl groups is 3. The lowest BCUT2D eigenvalue weighted by molar-refractivity contribution is 0.342. The molecule has 3 N–H and O–H groups in total. The molecule has 0 aliphatic rings. The molecular formula is C26H17Cl3N2O6. The molecular weight excluding hydrogens is 543 g/mol. The fourth-order valence-corrected chi connectivity index (χ4v) is 3.36. The van der Waals surface area contributed by atoms with E-state index >= 15 is 0 Å². The van der Waals surface area contributed by atoms with Crippen LogP contribution in [0.3, 0.4) is 0 Å². The van der Waals surface area contributed by atoms with Crippen LogP contribution in [0.2, 0.25) is 15.4 Å². The van der Waals surface area contributed by atoms with Crippen LogP contribution in [0.25, 0.3) is 22.2 Å². The third-order valence-corrected chi connectivity index (χ3v) is 5.18. The third-order valence-electron chi connectivity index (χ3n) is 4.55. The first kappa shape index (κ1) is 26.0. The number of hydrogen-bond donors (Lipinski definition) is 3. The summed E-state index contributed by atoms with van der Waals surface area (Å²) in [4.78, 5) is 8.06. The maximum Gasteiger partial charge on any atom is 0.400 e. The summed E-state index contributed by atoms with van der Waals surface area (Å²) in [6, 6.07) is 22.3. The Morgan fingerprint density at radius 2 is 1.03 bits per heavy atom. The molecule has 2 heterocycles. The number of nitrogens with zero attached hydrogens (tertiary/aromatic N) is 2. The number of hydrogen-bond acceptors (Lipinski definition) is 8. The number of aromatic nitrogens is 2. The van der Waals surface area contributed by atoms with Crippen molar-refractivity contribution in [2.45, 2.75) is 0 Å². The number of ether oxygens (including phenoxy) is 1. The highest BCUT2D eigenvalue weighted by Crippen LogP contribution is 2.28. The molecule has 0 atom stereocenters. The van der Waals surface area contributed by atoms with Crippen LogP contribution in [0.15, 0.2) is 93.8 Å². The van der Waals surface area contributed by atoms with Crippen LogP contribution in [0.1, 0.15) is 0 Å². The van der Waals surface area contributed by atoms with Gasteiger partial charge in [-0.25, -0.2) is 0 Å². The van der Waals surface area contributed by atoms with Crippen molar-refractivity contribution in [3.8, 4) is 29.1 Å². The Morgan fingerprint density at radius 1 is 0.568 bits per heavy atom. The van der Waals surface area contributed by atoms with Crippen LogP contribution in [0.5, 0.6) is 29.1 Å². The van der Waals surface area contributed by atoms with E-state index in [2.05, 4.69) is 9.97 Å². The minimum atomic E-state index is 0.137. The van der Waals surface area contributed by atoms with Crippen LogP contribution in [-0.4, -0.2) is 25.3 Å². The van der Waals surface area contributed by atoms with Gasteiger partial charge in [-0.15, -0.1) is 0 Å². The van der Waals surface area contributed by atoms with E-state index in [-0.39, 0.29) is 28.7 Å². The molecule has 6 aromatic rings. The van der Waals surface area contributed by atoms with Gasteiger partial charge in [0.05, 0.1) is 0 Å². The Hall–Kier alpha value is -4.11. The van der Waals surface area contributed by atoms with Crippen molar-refractivity contribution in [1.29, 1.82) is 0 Å². The molecule has 0 saturated carbocycles. The van der Waals surface area contributed by atoms with Gasteiger partial charge < -0.3 is 28.9 Å². The van der Waals surface area contributed by atoms with Gasteiger partial charge in [0.1, 0.15) is 34.0 Å². The molecule has 0 unspecified atom stereocenters. The summed E-state index contributed by atoms with van der Waals surface area (Å²) in [5.41, 5.74) is 2.58. The molecule has 0 amide bonds. The van der Waals surface area contributed by atoms with Crippen molar-refractivity contribution in [2.75, 3.05) is 0 Å². The van der Waals surface area contributed by atoms with Gasteiger partial charge in [-0.1, -0.05) is 23.2 Å². The lowest BCUT2D eigenvalue weighted by atomic mass is 10.3. The second-order valence-electron chi connectivity index (χ2n) is 7.28. The topological polar surface area (TPSA) is 122 Å². The Labute approximate surface area is 224 Å². The van der Waals surface area contributed by atoms with E-state index in [0.717, 1.165) is 5.52 Å². The highest BCUT2D eigenvalue weighted by Gasteiger charge is 2.08. The Morgan fingerprint density at radius 3 is 1.57 bits per heavy atom. The van der Waals surface area contributed by atoms with Gasteiger partial charge in [0.25, 0.3) is 5.35 Å². The quantitative estimate of drug-likeness (QED) is 0.181. The van der Waals surface area contributed by atoms with E-state index in [0.29, 0.717) is 32.5 Å². The average molecular weight is 560 g/mol. The summed E-state index contributed by atoms with van der Waals surface area (Å²) in [5.74, 6) is 1.04. The van der Waals surface area contributed by atoms with E-state index in [9.17, 15) is 0 Å². The van der Waals surface area contributed by atoms with Crippen LogP contribution in [0.4, 0.5) is 0 Å². The number of benzene rings is 4. The lowest BCUT2D eigenvalue weighted by Crippen LogP contribution is -1.82. The minimum Gasteiger partial charge on any atom is -0.508 e. The predicted octanol–water partition coefficient (Wildman–Crippen LogP) is 8.21. The fourth-order valence-electron chi connectivity index (χ4n) is 2.86. The highest BCUT2D eigenvalue weighted by molar-refractivity contribution is 6.31. The SMILES string of the molecule is Clc1ccc2nc(Cl)oc2c1.Oc1ccc(O)cc1.Oc1ccc(Oc2nc3ccc(Cl)cc3o2)cc1. The summed E-state index contributed by atoms with van der Waals surface area (Å²) < 4.78 is 15.8. The lowest BCUT2D eigenvalue weighted by Gasteiger charge is -1.99. The first-order valence-electron chi connectivity index (χ1n) is 10.5. The number of oxazole rings is 2. The molecule has 6 rings (SSSR count). The molecule has 0 fully saturated rings. The molecule has 4 aromatic carbocycles. The van der Waals surface area contributed by atoms with Crippen LogP contribution < -0.4 is 4.74 Å². The Kier molecular flexibility index (Phi) is 8.25. The summed E-state index contributed by atoms with van der Waals surface area (Å²) >= 11 is 17.1. The standard InChI is InChI=1S/C13H8ClNO3.C7H3Cl2NO.C6H6O2/c14-8-1-6-11-12(7-8)18-13(15-11)17-10-4-2-9(16)3-5-10;8-4-1-2-5-6(3-4)11-7(9)10-5;7-5-1-2-6(8)4-3-5/h1-7,16H;1-3H;1-4,7-8H. The first-order valence-corrected chi connectivity index (χ1v) is 11.6. The largest absolute Gasteiger partial charge is 0.508 e. The van der Waals surface area contributed by atoms with Gasteiger partial charge in [-0.3, -0.25) is 0 Å².